The van der Waals surface area contributed by atoms with E-state index in [1.54, 1.807) is 24.4 Å². The number of nitrogens with zero attached hydrogens (tertiary/aromatic N) is 1. The van der Waals surface area contributed by atoms with Gasteiger partial charge >= 0.3 is 0 Å². The first-order valence-electron chi connectivity index (χ1n) is 8.52. The lowest BCUT2D eigenvalue weighted by Crippen LogP contribution is -2.05. The zero-order valence-electron chi connectivity index (χ0n) is 15.4. The van der Waals surface area contributed by atoms with Crippen molar-refractivity contribution in [3.8, 4) is 28.5 Å². The Morgan fingerprint density at radius 2 is 1.59 bits per heavy atom. The van der Waals surface area contributed by atoms with Crippen LogP contribution in [0, 0.1) is 0 Å². The molecule has 0 aliphatic carbocycles. The molecule has 0 aliphatic rings. The van der Waals surface area contributed by atoms with E-state index in [0.29, 0.717) is 17.2 Å². The molecule has 0 aliphatic heterocycles. The normalized spacial score (nSPS) is 11.4. The minimum Gasteiger partial charge on any atom is -0.491 e. The van der Waals surface area contributed by atoms with E-state index in [1.807, 2.05) is 44.2 Å². The van der Waals surface area contributed by atoms with Crippen LogP contribution < -0.4 is 9.47 Å². The second-order valence-electron chi connectivity index (χ2n) is 6.42. The van der Waals surface area contributed by atoms with Crippen LogP contribution >= 0.6 is 0 Å². The minimum atomic E-state index is -3.24. The topological polar surface area (TPSA) is 65.5 Å². The maximum atomic E-state index is 11.6. The summed E-state index contributed by atoms with van der Waals surface area (Å²) < 4.78 is 34.9. The van der Waals surface area contributed by atoms with Crippen LogP contribution in [0.25, 0.3) is 11.3 Å². The lowest BCUT2D eigenvalue weighted by Gasteiger charge is -2.14. The van der Waals surface area contributed by atoms with Crippen molar-refractivity contribution in [2.24, 2.45) is 0 Å². The van der Waals surface area contributed by atoms with E-state index in [2.05, 4.69) is 4.98 Å². The van der Waals surface area contributed by atoms with E-state index in [4.69, 9.17) is 9.47 Å². The van der Waals surface area contributed by atoms with Crippen molar-refractivity contribution < 1.29 is 17.9 Å². The molecule has 0 atom stereocenters. The van der Waals surface area contributed by atoms with Crippen molar-refractivity contribution in [3.63, 3.8) is 0 Å². The Labute approximate surface area is 159 Å². The summed E-state index contributed by atoms with van der Waals surface area (Å²) in [4.78, 5) is 4.63. The molecule has 0 amide bonds. The van der Waals surface area contributed by atoms with Gasteiger partial charge in [-0.3, -0.25) is 4.98 Å². The molecule has 0 bridgehead atoms. The molecule has 3 aromatic rings. The number of sulfone groups is 1. The highest BCUT2D eigenvalue weighted by atomic mass is 32.2. The summed E-state index contributed by atoms with van der Waals surface area (Å²) in [6.45, 7) is 3.91. The van der Waals surface area contributed by atoms with Crippen molar-refractivity contribution in [1.29, 1.82) is 0 Å². The minimum absolute atomic E-state index is 0.0193. The summed E-state index contributed by atoms with van der Waals surface area (Å²) in [7, 11) is -3.24. The van der Waals surface area contributed by atoms with Gasteiger partial charge in [0, 0.05) is 24.1 Å². The van der Waals surface area contributed by atoms with E-state index in [1.165, 1.54) is 18.4 Å². The maximum absolute atomic E-state index is 11.6. The molecule has 140 valence electrons. The van der Waals surface area contributed by atoms with Gasteiger partial charge in [0.05, 0.1) is 16.7 Å². The predicted octanol–water partition coefficient (Wildman–Crippen LogP) is 4.73. The maximum Gasteiger partial charge on any atom is 0.175 e. The van der Waals surface area contributed by atoms with E-state index < -0.39 is 9.84 Å². The molecule has 2 aromatic carbocycles. The lowest BCUT2D eigenvalue weighted by atomic mass is 10.1. The van der Waals surface area contributed by atoms with Crippen LogP contribution in [0.3, 0.4) is 0 Å². The van der Waals surface area contributed by atoms with E-state index >= 15 is 0 Å². The summed E-state index contributed by atoms with van der Waals surface area (Å²) in [6, 6.07) is 17.6. The van der Waals surface area contributed by atoms with Gasteiger partial charge in [-0.25, -0.2) is 8.42 Å². The number of pyridine rings is 1. The highest BCUT2D eigenvalue weighted by Gasteiger charge is 2.10. The summed E-state index contributed by atoms with van der Waals surface area (Å²) in [6.07, 6.45) is 2.93. The highest BCUT2D eigenvalue weighted by Crippen LogP contribution is 2.32. The van der Waals surface area contributed by atoms with E-state index in [0.717, 1.165) is 11.3 Å². The third-order valence-corrected chi connectivity index (χ3v) is 4.83. The SMILES string of the molecule is CC(C)Oc1cc(Oc2ccc(S(C)(=O)=O)cc2)cc(-c2ccccn2)c1. The molecule has 1 heterocycles. The molecule has 0 saturated carbocycles. The second-order valence-corrected chi connectivity index (χ2v) is 8.44. The van der Waals surface area contributed by atoms with Gasteiger partial charge in [-0.15, -0.1) is 0 Å². The van der Waals surface area contributed by atoms with Crippen LogP contribution in [-0.2, 0) is 9.84 Å². The fraction of sp³-hybridized carbons (Fsp3) is 0.190. The van der Waals surface area contributed by atoms with Gasteiger partial charge in [0.15, 0.2) is 9.84 Å². The summed E-state index contributed by atoms with van der Waals surface area (Å²) in [5.41, 5.74) is 1.68. The van der Waals surface area contributed by atoms with Gasteiger partial charge < -0.3 is 9.47 Å². The summed E-state index contributed by atoms with van der Waals surface area (Å²) in [5, 5.41) is 0. The van der Waals surface area contributed by atoms with Crippen molar-refractivity contribution in [2.75, 3.05) is 6.26 Å². The highest BCUT2D eigenvalue weighted by molar-refractivity contribution is 7.90. The number of ether oxygens (including phenoxy) is 2. The van der Waals surface area contributed by atoms with Crippen molar-refractivity contribution in [1.82, 2.24) is 4.98 Å². The quantitative estimate of drug-likeness (QED) is 0.615. The van der Waals surface area contributed by atoms with Crippen LogP contribution in [0.15, 0.2) is 71.8 Å². The van der Waals surface area contributed by atoms with Gasteiger partial charge in [0.25, 0.3) is 0 Å². The van der Waals surface area contributed by atoms with Crippen LogP contribution in [-0.4, -0.2) is 25.8 Å². The van der Waals surface area contributed by atoms with Crippen LogP contribution in [0.2, 0.25) is 0 Å². The first-order chi connectivity index (χ1) is 12.8. The Hall–Kier alpha value is -2.86. The van der Waals surface area contributed by atoms with E-state index in [-0.39, 0.29) is 11.0 Å². The third kappa shape index (κ3) is 5.08. The monoisotopic (exact) mass is 383 g/mol. The number of benzene rings is 2. The number of hydrogen-bond acceptors (Lipinski definition) is 5. The Bertz CT molecular complexity index is 1010. The van der Waals surface area contributed by atoms with Gasteiger partial charge in [-0.05, 0) is 62.4 Å². The van der Waals surface area contributed by atoms with Crippen LogP contribution in [0.1, 0.15) is 13.8 Å². The zero-order chi connectivity index (χ0) is 19.4. The van der Waals surface area contributed by atoms with Crippen LogP contribution in [0.4, 0.5) is 0 Å². The smallest absolute Gasteiger partial charge is 0.175 e. The van der Waals surface area contributed by atoms with Gasteiger partial charge in [-0.1, -0.05) is 6.07 Å². The number of rotatable bonds is 6. The molecule has 0 spiro atoms. The van der Waals surface area contributed by atoms with Crippen molar-refractivity contribution in [3.05, 3.63) is 66.9 Å². The van der Waals surface area contributed by atoms with Gasteiger partial charge in [0.2, 0.25) is 0 Å². The number of aromatic nitrogens is 1. The van der Waals surface area contributed by atoms with Gasteiger partial charge in [0.1, 0.15) is 17.2 Å². The molecular weight excluding hydrogens is 362 g/mol. The average molecular weight is 383 g/mol. The molecule has 0 unspecified atom stereocenters. The summed E-state index contributed by atoms with van der Waals surface area (Å²) >= 11 is 0. The predicted molar refractivity (Wildman–Crippen MR) is 105 cm³/mol. The molecule has 1 aromatic heterocycles. The Balaban J connectivity index is 1.94. The molecule has 0 fully saturated rings. The largest absolute Gasteiger partial charge is 0.491 e. The molecule has 0 radical (unpaired) electrons. The Morgan fingerprint density at radius 1 is 0.889 bits per heavy atom. The fourth-order valence-electron chi connectivity index (χ4n) is 2.54. The fourth-order valence-corrected chi connectivity index (χ4v) is 3.17. The number of hydrogen-bond donors (Lipinski definition) is 0. The van der Waals surface area contributed by atoms with E-state index in [9.17, 15) is 8.42 Å². The third-order valence-electron chi connectivity index (χ3n) is 3.70. The Kier molecular flexibility index (Phi) is 5.46. The molecule has 5 nitrogen and oxygen atoms in total. The van der Waals surface area contributed by atoms with Crippen LogP contribution in [0.5, 0.6) is 17.2 Å². The van der Waals surface area contributed by atoms with Gasteiger partial charge in [-0.2, -0.15) is 0 Å². The van der Waals surface area contributed by atoms with Crippen molar-refractivity contribution in [2.45, 2.75) is 24.8 Å². The zero-order valence-corrected chi connectivity index (χ0v) is 16.2. The summed E-state index contributed by atoms with van der Waals surface area (Å²) in [5.74, 6) is 1.80. The first-order valence-corrected chi connectivity index (χ1v) is 10.4. The Morgan fingerprint density at radius 3 is 2.19 bits per heavy atom. The molecule has 0 saturated heterocycles. The molecule has 27 heavy (non-hydrogen) atoms. The first kappa shape index (κ1) is 18.9. The molecule has 3 rings (SSSR count). The second kappa shape index (κ2) is 7.80. The lowest BCUT2D eigenvalue weighted by molar-refractivity contribution is 0.241. The average Bonchev–Trinajstić information content (AvgIpc) is 2.61. The standard InChI is InChI=1S/C21H21NO4S/c1-15(2)25-18-12-16(21-6-4-5-11-22-21)13-19(14-18)26-17-7-9-20(10-8-17)27(3,23)24/h4-15H,1-3H3. The molecule has 6 heteroatoms. The van der Waals surface area contributed by atoms with Crippen molar-refractivity contribution >= 4 is 9.84 Å². The molecule has 0 N–H and O–H groups in total. The molecular formula is C21H21NO4S.